The quantitative estimate of drug-likeness (QED) is 0.566. The molecule has 0 spiro atoms. The highest BCUT2D eigenvalue weighted by molar-refractivity contribution is 7.89. The molecule has 0 aromatic heterocycles. The van der Waals surface area contributed by atoms with Gasteiger partial charge in [-0.2, -0.15) is 13.2 Å². The van der Waals surface area contributed by atoms with Gasteiger partial charge < -0.3 is 10.1 Å². The van der Waals surface area contributed by atoms with Crippen LogP contribution in [0, 0.1) is 5.92 Å². The third-order valence-electron chi connectivity index (χ3n) is 5.13. The zero-order valence-electron chi connectivity index (χ0n) is 16.5. The summed E-state index contributed by atoms with van der Waals surface area (Å²) in [6.07, 6.45) is -1.02. The average molecular weight is 459 g/mol. The lowest BCUT2D eigenvalue weighted by molar-refractivity contribution is -0.160. The second kappa shape index (κ2) is 8.00. The summed E-state index contributed by atoms with van der Waals surface area (Å²) < 4.78 is 71.1. The van der Waals surface area contributed by atoms with E-state index in [2.05, 4.69) is 15.4 Å². The minimum Gasteiger partial charge on any atom is -0.458 e. The molecule has 1 aliphatic heterocycles. The number of ether oxygens (including phenoxy) is 1. The van der Waals surface area contributed by atoms with Crippen LogP contribution in [0.25, 0.3) is 0 Å². The highest BCUT2D eigenvalue weighted by Gasteiger charge is 2.47. The van der Waals surface area contributed by atoms with Gasteiger partial charge in [0, 0.05) is 0 Å². The maximum absolute atomic E-state index is 12.7. The van der Waals surface area contributed by atoms with Gasteiger partial charge in [0.1, 0.15) is 17.0 Å². The number of alkyl halides is 3. The van der Waals surface area contributed by atoms with Crippen LogP contribution < -0.4 is 20.1 Å². The summed E-state index contributed by atoms with van der Waals surface area (Å²) in [5.74, 6) is -1.76. The van der Waals surface area contributed by atoms with E-state index in [1.54, 1.807) is 0 Å². The van der Waals surface area contributed by atoms with Crippen LogP contribution in [0.4, 0.5) is 18.0 Å². The van der Waals surface area contributed by atoms with E-state index in [9.17, 15) is 31.2 Å². The first-order valence-electron chi connectivity index (χ1n) is 9.20. The maximum Gasteiger partial charge on any atom is 0.395 e. The number of rotatable bonds is 6. The molecule has 1 saturated heterocycles. The van der Waals surface area contributed by atoms with E-state index in [-0.39, 0.29) is 22.8 Å². The molecular weight excluding hydrogens is 439 g/mol. The van der Waals surface area contributed by atoms with Crippen molar-refractivity contribution in [2.24, 2.45) is 5.92 Å². The number of carbonyl (C=O) groups excluding carboxylic acids is 2. The van der Waals surface area contributed by atoms with Crippen molar-refractivity contribution in [3.8, 4) is 5.75 Å². The van der Waals surface area contributed by atoms with Crippen molar-refractivity contribution >= 4 is 22.0 Å². The summed E-state index contributed by atoms with van der Waals surface area (Å²) in [5.41, 5.74) is -1.46. The summed E-state index contributed by atoms with van der Waals surface area (Å²) in [6.45, 7) is 2.84. The summed E-state index contributed by atoms with van der Waals surface area (Å²) in [7, 11) is -4.04. The Morgan fingerprint density at radius 2 is 1.87 bits per heavy atom. The fourth-order valence-electron chi connectivity index (χ4n) is 3.02. The SMILES string of the molecule is C[C@@H](NS(=O)(=O)c1ccc(OC2=CCC(C(F)(F)F)C=C2)cc1)[C@]1(C)NC(=O)NC1=O. The first-order chi connectivity index (χ1) is 14.3. The number of urea groups is 1. The van der Waals surface area contributed by atoms with E-state index in [1.165, 1.54) is 50.3 Å². The molecule has 1 unspecified atom stereocenters. The largest absolute Gasteiger partial charge is 0.458 e. The molecule has 0 bridgehead atoms. The predicted molar refractivity (Wildman–Crippen MR) is 103 cm³/mol. The minimum absolute atomic E-state index is 0.120. The monoisotopic (exact) mass is 459 g/mol. The van der Waals surface area contributed by atoms with Crippen LogP contribution in [0.15, 0.2) is 53.1 Å². The van der Waals surface area contributed by atoms with E-state index in [4.69, 9.17) is 4.74 Å². The number of carbonyl (C=O) groups is 2. The van der Waals surface area contributed by atoms with Crippen molar-refractivity contribution in [2.75, 3.05) is 0 Å². The fraction of sp³-hybridized carbons (Fsp3) is 0.368. The summed E-state index contributed by atoms with van der Waals surface area (Å²) in [4.78, 5) is 23.2. The van der Waals surface area contributed by atoms with E-state index in [0.717, 1.165) is 6.08 Å². The van der Waals surface area contributed by atoms with Gasteiger partial charge >= 0.3 is 12.2 Å². The van der Waals surface area contributed by atoms with Crippen molar-refractivity contribution in [3.05, 3.63) is 48.3 Å². The molecule has 1 fully saturated rings. The van der Waals surface area contributed by atoms with Gasteiger partial charge in [-0.15, -0.1) is 0 Å². The number of hydrogen-bond donors (Lipinski definition) is 3. The van der Waals surface area contributed by atoms with E-state index in [0.29, 0.717) is 0 Å². The lowest BCUT2D eigenvalue weighted by Gasteiger charge is -2.28. The Hall–Kier alpha value is -2.86. The van der Waals surface area contributed by atoms with Crippen LogP contribution in [0.3, 0.4) is 0 Å². The van der Waals surface area contributed by atoms with Crippen molar-refractivity contribution < 1.29 is 35.9 Å². The Balaban J connectivity index is 1.66. The number of benzene rings is 1. The molecule has 0 saturated carbocycles. The van der Waals surface area contributed by atoms with Crippen LogP contribution >= 0.6 is 0 Å². The molecule has 3 amide bonds. The normalized spacial score (nSPS) is 24.9. The predicted octanol–water partition coefficient (Wildman–Crippen LogP) is 2.35. The Kier molecular flexibility index (Phi) is 5.89. The molecule has 1 aliphatic carbocycles. The van der Waals surface area contributed by atoms with Gasteiger partial charge in [0.25, 0.3) is 5.91 Å². The highest BCUT2D eigenvalue weighted by Crippen LogP contribution is 2.33. The third-order valence-corrected chi connectivity index (χ3v) is 6.68. The van der Waals surface area contributed by atoms with Crippen LogP contribution in [0.5, 0.6) is 5.75 Å². The number of hydrogen-bond acceptors (Lipinski definition) is 5. The molecule has 3 rings (SSSR count). The zero-order chi connectivity index (χ0) is 23.0. The third kappa shape index (κ3) is 4.90. The molecule has 31 heavy (non-hydrogen) atoms. The number of imide groups is 1. The number of halogens is 3. The molecule has 1 heterocycles. The number of allylic oxidation sites excluding steroid dienone is 3. The molecule has 1 aromatic carbocycles. The second-order valence-corrected chi connectivity index (χ2v) is 9.09. The lowest BCUT2D eigenvalue weighted by atomic mass is 9.95. The Bertz CT molecular complexity index is 1050. The first kappa shape index (κ1) is 22.8. The van der Waals surface area contributed by atoms with Gasteiger partial charge in [-0.3, -0.25) is 10.1 Å². The molecule has 8 nitrogen and oxygen atoms in total. The standard InChI is InChI=1S/C19H20F3N3O5S/c1-11(18(2)16(26)23-17(27)24-18)25-31(28,29)15-9-7-14(8-10-15)30-13-5-3-12(4-6-13)19(20,21)22/h3,5-12,25H,4H2,1-2H3,(H2,23,24,26,27)/t11-,12?,18+/m1/s1. The highest BCUT2D eigenvalue weighted by atomic mass is 32.2. The number of amides is 3. The Morgan fingerprint density at radius 1 is 1.23 bits per heavy atom. The maximum atomic E-state index is 12.7. The summed E-state index contributed by atoms with van der Waals surface area (Å²) in [6, 6.07) is 3.55. The van der Waals surface area contributed by atoms with Crippen molar-refractivity contribution in [2.45, 2.75) is 42.9 Å². The zero-order valence-corrected chi connectivity index (χ0v) is 17.3. The summed E-state index contributed by atoms with van der Waals surface area (Å²) >= 11 is 0. The minimum atomic E-state index is -4.32. The van der Waals surface area contributed by atoms with Gasteiger partial charge in [0.15, 0.2) is 0 Å². The van der Waals surface area contributed by atoms with Crippen molar-refractivity contribution in [1.29, 1.82) is 0 Å². The molecule has 12 heteroatoms. The topological polar surface area (TPSA) is 114 Å². The fourth-order valence-corrected chi connectivity index (χ4v) is 4.35. The van der Waals surface area contributed by atoms with Crippen molar-refractivity contribution in [3.63, 3.8) is 0 Å². The molecule has 3 N–H and O–H groups in total. The van der Waals surface area contributed by atoms with Crippen LogP contribution in [0.2, 0.25) is 0 Å². The molecule has 1 aromatic rings. The van der Waals surface area contributed by atoms with Crippen molar-refractivity contribution in [1.82, 2.24) is 15.4 Å². The van der Waals surface area contributed by atoms with E-state index in [1.807, 2.05) is 0 Å². The number of nitrogens with one attached hydrogen (secondary N) is 3. The van der Waals surface area contributed by atoms with Gasteiger partial charge in [-0.05, 0) is 56.7 Å². The van der Waals surface area contributed by atoms with Gasteiger partial charge in [-0.1, -0.05) is 6.08 Å². The summed E-state index contributed by atoms with van der Waals surface area (Å²) in [5, 5.41) is 4.45. The molecular formula is C19H20F3N3O5S. The van der Waals surface area contributed by atoms with Crippen LogP contribution in [0.1, 0.15) is 20.3 Å². The van der Waals surface area contributed by atoms with Crippen LogP contribution in [-0.4, -0.2) is 38.1 Å². The van der Waals surface area contributed by atoms with E-state index >= 15 is 0 Å². The molecule has 168 valence electrons. The Labute approximate surface area is 176 Å². The molecule has 2 aliphatic rings. The van der Waals surface area contributed by atoms with Crippen LogP contribution in [-0.2, 0) is 14.8 Å². The number of sulfonamides is 1. The Morgan fingerprint density at radius 3 is 2.35 bits per heavy atom. The molecule has 3 atom stereocenters. The smallest absolute Gasteiger partial charge is 0.395 e. The van der Waals surface area contributed by atoms with E-state index < -0.39 is 45.6 Å². The van der Waals surface area contributed by atoms with Gasteiger partial charge in [0.2, 0.25) is 10.0 Å². The first-order valence-corrected chi connectivity index (χ1v) is 10.7. The molecule has 0 radical (unpaired) electrons. The average Bonchev–Trinajstić information content (AvgIpc) is 2.94. The van der Waals surface area contributed by atoms with Gasteiger partial charge in [-0.25, -0.2) is 17.9 Å². The lowest BCUT2D eigenvalue weighted by Crippen LogP contribution is -2.59. The van der Waals surface area contributed by atoms with Gasteiger partial charge in [0.05, 0.1) is 16.9 Å². The second-order valence-electron chi connectivity index (χ2n) is 7.38.